The Morgan fingerprint density at radius 3 is 2.28 bits per heavy atom. The molecule has 7 nitrogen and oxygen atoms in total. The molecule has 0 aliphatic rings. The minimum Gasteiger partial charge on any atom is -0.439 e. The van der Waals surface area contributed by atoms with Crippen LogP contribution in [0.15, 0.2) is 54.6 Å². The van der Waals surface area contributed by atoms with Crippen molar-refractivity contribution in [2.45, 2.75) is 27.7 Å². The third kappa shape index (κ3) is 4.49. The van der Waals surface area contributed by atoms with E-state index in [0.717, 1.165) is 17.0 Å². The predicted octanol–water partition coefficient (Wildman–Crippen LogP) is 5.08. The van der Waals surface area contributed by atoms with Gasteiger partial charge in [-0.15, -0.1) is 0 Å². The normalized spacial score (nSPS) is 10.8. The first kappa shape index (κ1) is 21.2. The molecule has 0 atom stereocenters. The summed E-state index contributed by atoms with van der Waals surface area (Å²) in [6, 6.07) is 14.0. The molecule has 4 rings (SSSR count). The topological polar surface area (TPSA) is 81.9 Å². The lowest BCUT2D eigenvalue weighted by Crippen LogP contribution is -2.11. The Labute approximate surface area is 184 Å². The maximum Gasteiger partial charge on any atom is 0.255 e. The molecule has 0 saturated carbocycles. The second kappa shape index (κ2) is 8.58. The average Bonchev–Trinajstić information content (AvgIpc) is 3.02. The third-order valence-corrected chi connectivity index (χ3v) is 5.11. The third-order valence-electron chi connectivity index (χ3n) is 5.11. The minimum absolute atomic E-state index is 0.324. The highest BCUT2D eigenvalue weighted by atomic mass is 19.1. The van der Waals surface area contributed by atoms with E-state index in [1.807, 2.05) is 20.8 Å². The fourth-order valence-electron chi connectivity index (χ4n) is 3.16. The highest BCUT2D eigenvalue weighted by molar-refractivity contribution is 6.04. The summed E-state index contributed by atoms with van der Waals surface area (Å²) >= 11 is 0. The van der Waals surface area contributed by atoms with Crippen molar-refractivity contribution in [3.05, 3.63) is 88.8 Å². The molecule has 0 saturated heterocycles. The van der Waals surface area contributed by atoms with Crippen molar-refractivity contribution >= 4 is 11.6 Å². The van der Waals surface area contributed by atoms with Crippen molar-refractivity contribution in [1.29, 1.82) is 0 Å². The molecule has 8 heteroatoms. The number of hydrogen-bond acceptors (Lipinski definition) is 5. The molecular formula is C24H22FN5O2. The Morgan fingerprint density at radius 1 is 0.969 bits per heavy atom. The number of ether oxygens (including phenoxy) is 1. The Kier molecular flexibility index (Phi) is 5.68. The lowest BCUT2D eigenvalue weighted by atomic mass is 10.2. The van der Waals surface area contributed by atoms with Crippen LogP contribution in [-0.4, -0.2) is 25.7 Å². The summed E-state index contributed by atoms with van der Waals surface area (Å²) in [5.74, 6) is 1.42. The number of nitrogens with one attached hydrogen (secondary N) is 1. The quantitative estimate of drug-likeness (QED) is 0.477. The van der Waals surface area contributed by atoms with Gasteiger partial charge in [0.15, 0.2) is 5.82 Å². The molecule has 0 aliphatic heterocycles. The molecule has 0 radical (unpaired) electrons. The lowest BCUT2D eigenvalue weighted by Gasteiger charge is -2.10. The highest BCUT2D eigenvalue weighted by Gasteiger charge is 2.13. The van der Waals surface area contributed by atoms with Gasteiger partial charge in [0.2, 0.25) is 5.88 Å². The maximum absolute atomic E-state index is 13.0. The van der Waals surface area contributed by atoms with Gasteiger partial charge in [-0.05, 0) is 81.8 Å². The van der Waals surface area contributed by atoms with E-state index in [1.54, 1.807) is 41.9 Å². The summed E-state index contributed by atoms with van der Waals surface area (Å²) in [6.45, 7) is 7.77. The number of carbonyl (C=O) groups is 1. The van der Waals surface area contributed by atoms with Gasteiger partial charge in [0.1, 0.15) is 17.4 Å². The van der Waals surface area contributed by atoms with Crippen molar-refractivity contribution in [2.24, 2.45) is 0 Å². The molecule has 2 aromatic heterocycles. The number of anilines is 1. The van der Waals surface area contributed by atoms with Gasteiger partial charge in [0, 0.05) is 23.0 Å². The predicted molar refractivity (Wildman–Crippen MR) is 119 cm³/mol. The van der Waals surface area contributed by atoms with Crippen LogP contribution in [0.1, 0.15) is 33.1 Å². The lowest BCUT2D eigenvalue weighted by molar-refractivity contribution is 0.102. The molecule has 2 aromatic carbocycles. The number of rotatable bonds is 5. The van der Waals surface area contributed by atoms with Crippen LogP contribution in [0, 0.1) is 33.5 Å². The van der Waals surface area contributed by atoms with Gasteiger partial charge in [0.25, 0.3) is 5.91 Å². The Hall–Kier alpha value is -4.07. The van der Waals surface area contributed by atoms with Crippen LogP contribution in [0.5, 0.6) is 11.6 Å². The van der Waals surface area contributed by atoms with Crippen LogP contribution in [0.25, 0.3) is 5.82 Å². The number of nitrogens with zero attached hydrogens (tertiary/aromatic N) is 4. The van der Waals surface area contributed by atoms with E-state index in [1.165, 1.54) is 24.3 Å². The van der Waals surface area contributed by atoms with E-state index in [0.29, 0.717) is 34.5 Å². The SMILES string of the molecule is Cc1nc(Oc2ccc(NC(=O)c3ccc(F)cc3)cc2)cc(-n2nc(C)c(C)c2C)n1. The smallest absolute Gasteiger partial charge is 0.255 e. The van der Waals surface area contributed by atoms with Crippen molar-refractivity contribution < 1.29 is 13.9 Å². The Morgan fingerprint density at radius 2 is 1.66 bits per heavy atom. The van der Waals surface area contributed by atoms with Gasteiger partial charge in [-0.3, -0.25) is 4.79 Å². The van der Waals surface area contributed by atoms with Crippen LogP contribution in [-0.2, 0) is 0 Å². The summed E-state index contributed by atoms with van der Waals surface area (Å²) in [7, 11) is 0. The summed E-state index contributed by atoms with van der Waals surface area (Å²) < 4.78 is 20.7. The molecule has 32 heavy (non-hydrogen) atoms. The Bertz CT molecular complexity index is 1280. The van der Waals surface area contributed by atoms with Crippen molar-refractivity contribution in [1.82, 2.24) is 19.7 Å². The first-order valence-corrected chi connectivity index (χ1v) is 10.0. The molecule has 4 aromatic rings. The zero-order valence-electron chi connectivity index (χ0n) is 18.2. The van der Waals surface area contributed by atoms with Gasteiger partial charge in [-0.1, -0.05) is 0 Å². The van der Waals surface area contributed by atoms with Crippen LogP contribution < -0.4 is 10.1 Å². The van der Waals surface area contributed by atoms with Crippen molar-refractivity contribution in [2.75, 3.05) is 5.32 Å². The molecule has 0 fully saturated rings. The molecule has 0 aliphatic carbocycles. The Balaban J connectivity index is 1.50. The van der Waals surface area contributed by atoms with Gasteiger partial charge >= 0.3 is 0 Å². The molecule has 0 bridgehead atoms. The van der Waals surface area contributed by atoms with Crippen LogP contribution in [0.3, 0.4) is 0 Å². The molecular weight excluding hydrogens is 409 g/mol. The van der Waals surface area contributed by atoms with Gasteiger partial charge in [-0.2, -0.15) is 10.1 Å². The minimum atomic E-state index is -0.390. The van der Waals surface area contributed by atoms with E-state index in [-0.39, 0.29) is 11.7 Å². The molecule has 1 N–H and O–H groups in total. The second-order valence-corrected chi connectivity index (χ2v) is 7.41. The van der Waals surface area contributed by atoms with E-state index in [4.69, 9.17) is 4.74 Å². The first-order valence-electron chi connectivity index (χ1n) is 10.0. The van der Waals surface area contributed by atoms with E-state index < -0.39 is 0 Å². The standard InChI is InChI=1S/C24H22FN5O2/c1-14-15(2)29-30(16(14)3)22-13-23(27-17(4)26-22)32-21-11-9-20(10-12-21)28-24(31)18-5-7-19(25)8-6-18/h5-13H,1-4H3,(H,28,31). The fourth-order valence-corrected chi connectivity index (χ4v) is 3.16. The van der Waals surface area contributed by atoms with Gasteiger partial charge in [0.05, 0.1) is 5.69 Å². The van der Waals surface area contributed by atoms with Crippen LogP contribution in [0.2, 0.25) is 0 Å². The molecule has 0 spiro atoms. The maximum atomic E-state index is 13.0. The van der Waals surface area contributed by atoms with E-state index >= 15 is 0 Å². The molecule has 162 valence electrons. The van der Waals surface area contributed by atoms with Crippen LogP contribution in [0.4, 0.5) is 10.1 Å². The van der Waals surface area contributed by atoms with Crippen molar-refractivity contribution in [3.63, 3.8) is 0 Å². The number of halogens is 1. The summed E-state index contributed by atoms with van der Waals surface area (Å²) in [5, 5.41) is 7.32. The van der Waals surface area contributed by atoms with E-state index in [2.05, 4.69) is 20.4 Å². The number of amides is 1. The van der Waals surface area contributed by atoms with Crippen molar-refractivity contribution in [3.8, 4) is 17.4 Å². The summed E-state index contributed by atoms with van der Waals surface area (Å²) in [6.07, 6.45) is 0. The number of aromatic nitrogens is 4. The number of aryl methyl sites for hydroxylation is 2. The largest absolute Gasteiger partial charge is 0.439 e. The number of hydrogen-bond donors (Lipinski definition) is 1. The fraction of sp³-hybridized carbons (Fsp3) is 0.167. The summed E-state index contributed by atoms with van der Waals surface area (Å²) in [4.78, 5) is 21.1. The van der Waals surface area contributed by atoms with Crippen LogP contribution >= 0.6 is 0 Å². The number of benzene rings is 2. The monoisotopic (exact) mass is 431 g/mol. The van der Waals surface area contributed by atoms with Gasteiger partial charge in [-0.25, -0.2) is 14.1 Å². The molecule has 0 unspecified atom stereocenters. The second-order valence-electron chi connectivity index (χ2n) is 7.41. The van der Waals surface area contributed by atoms with Gasteiger partial charge < -0.3 is 10.1 Å². The zero-order chi connectivity index (χ0) is 22.8. The van der Waals surface area contributed by atoms with E-state index in [9.17, 15) is 9.18 Å². The zero-order valence-corrected chi connectivity index (χ0v) is 18.2. The average molecular weight is 431 g/mol. The molecule has 2 heterocycles. The number of carbonyl (C=O) groups excluding carboxylic acids is 1. The first-order chi connectivity index (χ1) is 15.3. The summed E-state index contributed by atoms with van der Waals surface area (Å²) in [5.41, 5.74) is 4.02. The highest BCUT2D eigenvalue weighted by Crippen LogP contribution is 2.24. The molecule has 1 amide bonds.